The summed E-state index contributed by atoms with van der Waals surface area (Å²) < 4.78 is 44.9. The zero-order valence-electron chi connectivity index (χ0n) is 9.67. The quantitative estimate of drug-likeness (QED) is 0.508. The molecule has 0 spiro atoms. The number of hydrogen-bond donors (Lipinski definition) is 1. The molecule has 0 atom stereocenters. The Bertz CT molecular complexity index is 431. The van der Waals surface area contributed by atoms with Crippen LogP contribution in [0.3, 0.4) is 0 Å². The summed E-state index contributed by atoms with van der Waals surface area (Å²) in [6.07, 6.45) is -4.39. The van der Waals surface area contributed by atoms with E-state index in [0.29, 0.717) is 10.2 Å². The Kier molecular flexibility index (Phi) is 5.61. The molecule has 2 N–H and O–H groups in total. The molecule has 0 aromatic heterocycles. The van der Waals surface area contributed by atoms with Gasteiger partial charge in [0, 0.05) is 10.2 Å². The molecule has 4 nitrogen and oxygen atoms in total. The van der Waals surface area contributed by atoms with Crippen LogP contribution in [0.4, 0.5) is 18.9 Å². The third kappa shape index (κ3) is 6.44. The Morgan fingerprint density at radius 3 is 2.53 bits per heavy atom. The average Bonchev–Trinajstić information content (AvgIpc) is 2.25. The lowest BCUT2D eigenvalue weighted by atomic mass is 10.2. The molecule has 1 aromatic rings. The Morgan fingerprint density at radius 1 is 1.26 bits per heavy atom. The first-order chi connectivity index (χ1) is 8.78. The van der Waals surface area contributed by atoms with Crippen LogP contribution in [-0.4, -0.2) is 32.0 Å². The highest BCUT2D eigenvalue weighted by atomic mass is 79.9. The SMILES string of the molecule is Nc1cc(Br)cc(C(=O)OCCOCC(F)(F)F)c1. The van der Waals surface area contributed by atoms with Crippen LogP contribution in [0, 0.1) is 0 Å². The summed E-state index contributed by atoms with van der Waals surface area (Å²) in [5.41, 5.74) is 6.11. The van der Waals surface area contributed by atoms with Crippen molar-refractivity contribution < 1.29 is 27.4 Å². The van der Waals surface area contributed by atoms with Crippen molar-refractivity contribution in [3.05, 3.63) is 28.2 Å². The summed E-state index contributed by atoms with van der Waals surface area (Å²) >= 11 is 3.16. The molecular weight excluding hydrogens is 331 g/mol. The van der Waals surface area contributed by atoms with Crippen molar-refractivity contribution in [1.82, 2.24) is 0 Å². The van der Waals surface area contributed by atoms with Gasteiger partial charge < -0.3 is 15.2 Å². The number of alkyl halides is 3. The van der Waals surface area contributed by atoms with E-state index in [-0.39, 0.29) is 18.8 Å². The van der Waals surface area contributed by atoms with Crippen LogP contribution in [0.5, 0.6) is 0 Å². The topological polar surface area (TPSA) is 61.6 Å². The zero-order valence-corrected chi connectivity index (χ0v) is 11.3. The van der Waals surface area contributed by atoms with Gasteiger partial charge in [0.25, 0.3) is 0 Å². The normalized spacial score (nSPS) is 11.4. The van der Waals surface area contributed by atoms with Gasteiger partial charge in [-0.3, -0.25) is 0 Å². The van der Waals surface area contributed by atoms with E-state index < -0.39 is 18.8 Å². The van der Waals surface area contributed by atoms with Gasteiger partial charge in [-0.15, -0.1) is 0 Å². The Balaban J connectivity index is 2.35. The highest BCUT2D eigenvalue weighted by molar-refractivity contribution is 9.10. The number of benzene rings is 1. The minimum atomic E-state index is -4.39. The van der Waals surface area contributed by atoms with Crippen molar-refractivity contribution >= 4 is 27.6 Å². The second-order valence-electron chi connectivity index (χ2n) is 3.58. The summed E-state index contributed by atoms with van der Waals surface area (Å²) in [5.74, 6) is -0.677. The molecule has 106 valence electrons. The highest BCUT2D eigenvalue weighted by Crippen LogP contribution is 2.18. The van der Waals surface area contributed by atoms with E-state index in [1.165, 1.54) is 12.1 Å². The molecule has 0 aliphatic carbocycles. The molecule has 0 heterocycles. The van der Waals surface area contributed by atoms with Crippen LogP contribution in [0.15, 0.2) is 22.7 Å². The molecule has 8 heteroatoms. The zero-order chi connectivity index (χ0) is 14.5. The van der Waals surface area contributed by atoms with E-state index in [4.69, 9.17) is 10.5 Å². The van der Waals surface area contributed by atoms with Crippen LogP contribution < -0.4 is 5.73 Å². The largest absolute Gasteiger partial charge is 0.460 e. The van der Waals surface area contributed by atoms with E-state index in [0.717, 1.165) is 0 Å². The van der Waals surface area contributed by atoms with E-state index in [1.807, 2.05) is 0 Å². The lowest BCUT2D eigenvalue weighted by Gasteiger charge is -2.08. The molecule has 0 fully saturated rings. The monoisotopic (exact) mass is 341 g/mol. The predicted molar refractivity (Wildman–Crippen MR) is 65.7 cm³/mol. The predicted octanol–water partition coefficient (Wildman–Crippen LogP) is 2.77. The maximum atomic E-state index is 11.7. The van der Waals surface area contributed by atoms with Gasteiger partial charge in [-0.2, -0.15) is 13.2 Å². The fourth-order valence-electron chi connectivity index (χ4n) is 1.19. The van der Waals surface area contributed by atoms with Crippen LogP contribution in [0.25, 0.3) is 0 Å². The van der Waals surface area contributed by atoms with Crippen LogP contribution in [0.2, 0.25) is 0 Å². The van der Waals surface area contributed by atoms with Crippen molar-refractivity contribution in [3.8, 4) is 0 Å². The number of anilines is 1. The number of carbonyl (C=O) groups excluding carboxylic acids is 1. The third-order valence-corrected chi connectivity index (χ3v) is 2.34. The van der Waals surface area contributed by atoms with Gasteiger partial charge >= 0.3 is 12.1 Å². The maximum absolute atomic E-state index is 11.7. The lowest BCUT2D eigenvalue weighted by Crippen LogP contribution is -2.19. The molecule has 0 aliphatic rings. The van der Waals surface area contributed by atoms with Crippen LogP contribution in [-0.2, 0) is 9.47 Å². The maximum Gasteiger partial charge on any atom is 0.411 e. The average molecular weight is 342 g/mol. The number of halogens is 4. The number of esters is 1. The van der Waals surface area contributed by atoms with E-state index in [2.05, 4.69) is 20.7 Å². The van der Waals surface area contributed by atoms with Gasteiger partial charge in [0.1, 0.15) is 13.2 Å². The smallest absolute Gasteiger partial charge is 0.411 e. The number of hydrogen-bond acceptors (Lipinski definition) is 4. The molecule has 0 radical (unpaired) electrons. The summed E-state index contributed by atoms with van der Waals surface area (Å²) in [7, 11) is 0. The molecule has 0 saturated heterocycles. The van der Waals surface area contributed by atoms with Gasteiger partial charge in [0.2, 0.25) is 0 Å². The second-order valence-corrected chi connectivity index (χ2v) is 4.49. The summed E-state index contributed by atoms with van der Waals surface area (Å²) in [4.78, 5) is 11.5. The molecule has 0 aliphatic heterocycles. The number of rotatable bonds is 5. The summed E-state index contributed by atoms with van der Waals surface area (Å²) in [6, 6.07) is 4.50. The first-order valence-corrected chi connectivity index (χ1v) is 5.95. The van der Waals surface area contributed by atoms with Crippen molar-refractivity contribution in [2.75, 3.05) is 25.6 Å². The van der Waals surface area contributed by atoms with Crippen molar-refractivity contribution in [1.29, 1.82) is 0 Å². The Hall–Kier alpha value is -1.28. The minimum Gasteiger partial charge on any atom is -0.460 e. The Labute approximate surface area is 115 Å². The first-order valence-electron chi connectivity index (χ1n) is 5.15. The first kappa shape index (κ1) is 15.8. The van der Waals surface area contributed by atoms with E-state index in [1.54, 1.807) is 6.07 Å². The van der Waals surface area contributed by atoms with Crippen molar-refractivity contribution in [2.24, 2.45) is 0 Å². The standard InChI is InChI=1S/C11H11BrF3NO3/c12-8-3-7(4-9(16)5-8)10(17)19-2-1-18-6-11(13,14)15/h3-5H,1-2,6,16H2. The molecule has 1 rings (SSSR count). The minimum absolute atomic E-state index is 0.211. The van der Waals surface area contributed by atoms with Crippen LogP contribution in [0.1, 0.15) is 10.4 Å². The summed E-state index contributed by atoms with van der Waals surface area (Å²) in [6.45, 7) is -1.95. The molecular formula is C11H11BrF3NO3. The van der Waals surface area contributed by atoms with E-state index in [9.17, 15) is 18.0 Å². The highest BCUT2D eigenvalue weighted by Gasteiger charge is 2.27. The van der Waals surface area contributed by atoms with Crippen molar-refractivity contribution in [2.45, 2.75) is 6.18 Å². The second kappa shape index (κ2) is 6.76. The van der Waals surface area contributed by atoms with Crippen molar-refractivity contribution in [3.63, 3.8) is 0 Å². The molecule has 0 amide bonds. The summed E-state index contributed by atoms with van der Waals surface area (Å²) in [5, 5.41) is 0. The number of nitrogens with two attached hydrogens (primary N) is 1. The number of carbonyl (C=O) groups is 1. The fourth-order valence-corrected chi connectivity index (χ4v) is 1.71. The van der Waals surface area contributed by atoms with Gasteiger partial charge in [-0.25, -0.2) is 4.79 Å². The van der Waals surface area contributed by atoms with Crippen LogP contribution >= 0.6 is 15.9 Å². The van der Waals surface area contributed by atoms with Gasteiger partial charge in [-0.1, -0.05) is 15.9 Å². The van der Waals surface area contributed by atoms with Gasteiger partial charge in [-0.05, 0) is 18.2 Å². The molecule has 0 unspecified atom stereocenters. The lowest BCUT2D eigenvalue weighted by molar-refractivity contribution is -0.175. The Morgan fingerprint density at radius 2 is 1.95 bits per heavy atom. The number of ether oxygens (including phenoxy) is 2. The molecule has 1 aromatic carbocycles. The van der Waals surface area contributed by atoms with E-state index >= 15 is 0 Å². The fraction of sp³-hybridized carbons (Fsp3) is 0.364. The molecule has 0 saturated carbocycles. The van der Waals surface area contributed by atoms with Gasteiger partial charge in [0.15, 0.2) is 0 Å². The number of nitrogen functional groups attached to an aromatic ring is 1. The van der Waals surface area contributed by atoms with Gasteiger partial charge in [0.05, 0.1) is 12.2 Å². The molecule has 0 bridgehead atoms. The third-order valence-electron chi connectivity index (χ3n) is 1.88. The molecule has 19 heavy (non-hydrogen) atoms.